The molecule has 0 aliphatic rings. The number of benzene rings is 1. The smallest absolute Gasteiger partial charge is 0.248 e. The van der Waals surface area contributed by atoms with E-state index >= 15 is 0 Å². The number of nitrogens with two attached hydrogens (primary N) is 1. The maximum absolute atomic E-state index is 11.3. The summed E-state index contributed by atoms with van der Waals surface area (Å²) < 4.78 is 10.6. The second-order valence-electron chi connectivity index (χ2n) is 4.17. The van der Waals surface area contributed by atoms with Crippen molar-refractivity contribution in [3.8, 4) is 5.75 Å². The van der Waals surface area contributed by atoms with Crippen LogP contribution in [-0.4, -0.2) is 38.2 Å². The van der Waals surface area contributed by atoms with E-state index in [1.165, 1.54) is 0 Å². The van der Waals surface area contributed by atoms with E-state index in [0.717, 1.165) is 0 Å². The van der Waals surface area contributed by atoms with E-state index in [1.807, 2.05) is 19.1 Å². The van der Waals surface area contributed by atoms with Crippen molar-refractivity contribution in [1.82, 2.24) is 5.32 Å². The van der Waals surface area contributed by atoms with Gasteiger partial charge in [0.15, 0.2) is 0 Å². The van der Waals surface area contributed by atoms with Crippen LogP contribution in [0.25, 0.3) is 0 Å². The van der Waals surface area contributed by atoms with Crippen LogP contribution in [0.2, 0.25) is 0 Å². The van der Waals surface area contributed by atoms with Crippen molar-refractivity contribution in [2.24, 2.45) is 5.73 Å². The van der Waals surface area contributed by atoms with Crippen LogP contribution < -0.4 is 15.8 Å². The zero-order valence-corrected chi connectivity index (χ0v) is 12.0. The molecule has 21 heavy (non-hydrogen) atoms. The molecule has 0 atom stereocenters. The number of amides is 2. The van der Waals surface area contributed by atoms with Crippen molar-refractivity contribution < 1.29 is 19.1 Å². The highest BCUT2D eigenvalue weighted by Gasteiger charge is 2.02. The molecule has 6 nitrogen and oxygen atoms in total. The molecule has 6 heteroatoms. The lowest BCUT2D eigenvalue weighted by Crippen LogP contribution is -2.28. The Bertz CT molecular complexity index is 500. The molecular formula is C15H20N2O4. The Hall–Kier alpha value is -2.34. The predicted octanol–water partition coefficient (Wildman–Crippen LogP) is 0.873. The van der Waals surface area contributed by atoms with Gasteiger partial charge >= 0.3 is 0 Å². The van der Waals surface area contributed by atoms with Crippen LogP contribution in [-0.2, 0) is 9.53 Å². The number of nitrogens with one attached hydrogen (secondary N) is 1. The quantitative estimate of drug-likeness (QED) is 0.522. The Kier molecular flexibility index (Phi) is 7.60. The fraction of sp³-hybridized carbons (Fsp3) is 0.333. The van der Waals surface area contributed by atoms with E-state index in [-0.39, 0.29) is 25.7 Å². The highest BCUT2D eigenvalue weighted by atomic mass is 16.5. The fourth-order valence-corrected chi connectivity index (χ4v) is 1.46. The van der Waals surface area contributed by atoms with Gasteiger partial charge in [0.05, 0.1) is 6.61 Å². The first-order valence-electron chi connectivity index (χ1n) is 6.61. The Morgan fingerprint density at radius 2 is 2.14 bits per heavy atom. The van der Waals surface area contributed by atoms with Crippen molar-refractivity contribution in [1.29, 1.82) is 0 Å². The number of carbonyl (C=O) groups is 2. The summed E-state index contributed by atoms with van der Waals surface area (Å²) in [7, 11) is 0. The van der Waals surface area contributed by atoms with Gasteiger partial charge in [0, 0.05) is 12.1 Å². The minimum Gasteiger partial charge on any atom is -0.491 e. The third-order valence-corrected chi connectivity index (χ3v) is 2.50. The number of ether oxygens (including phenoxy) is 2. The molecule has 2 amide bonds. The molecule has 1 aromatic carbocycles. The van der Waals surface area contributed by atoms with Crippen LogP contribution >= 0.6 is 0 Å². The van der Waals surface area contributed by atoms with Crippen LogP contribution in [0.4, 0.5) is 0 Å². The van der Waals surface area contributed by atoms with Gasteiger partial charge in [-0.05, 0) is 25.1 Å². The first kappa shape index (κ1) is 16.7. The number of allylic oxidation sites excluding steroid dienone is 1. The van der Waals surface area contributed by atoms with Gasteiger partial charge in [-0.3, -0.25) is 9.59 Å². The van der Waals surface area contributed by atoms with Gasteiger partial charge in [-0.15, -0.1) is 0 Å². The summed E-state index contributed by atoms with van der Waals surface area (Å²) in [6.07, 6.45) is 3.70. The summed E-state index contributed by atoms with van der Waals surface area (Å²) in [6.45, 7) is 2.92. The fourth-order valence-electron chi connectivity index (χ4n) is 1.46. The van der Waals surface area contributed by atoms with Gasteiger partial charge in [-0.25, -0.2) is 0 Å². The van der Waals surface area contributed by atoms with Crippen molar-refractivity contribution in [3.63, 3.8) is 0 Å². The lowest BCUT2D eigenvalue weighted by atomic mass is 10.2. The molecule has 0 aromatic heterocycles. The van der Waals surface area contributed by atoms with Crippen LogP contribution in [0.15, 0.2) is 36.4 Å². The van der Waals surface area contributed by atoms with Crippen molar-refractivity contribution in [2.75, 3.05) is 26.4 Å². The monoisotopic (exact) mass is 292 g/mol. The lowest BCUT2D eigenvalue weighted by Gasteiger charge is -2.08. The molecule has 114 valence electrons. The molecule has 0 aliphatic heterocycles. The number of carbonyl (C=O) groups excluding carboxylic acids is 2. The molecule has 1 aromatic rings. The molecule has 0 fully saturated rings. The molecular weight excluding hydrogens is 272 g/mol. The molecule has 0 saturated carbocycles. The molecule has 0 saturated heterocycles. The van der Waals surface area contributed by atoms with Crippen LogP contribution in [0.1, 0.15) is 17.3 Å². The second kappa shape index (κ2) is 9.55. The molecule has 0 spiro atoms. The molecule has 0 aliphatic carbocycles. The summed E-state index contributed by atoms with van der Waals surface area (Å²) in [5.41, 5.74) is 5.56. The Morgan fingerprint density at radius 3 is 2.86 bits per heavy atom. The predicted molar refractivity (Wildman–Crippen MR) is 79.1 cm³/mol. The third kappa shape index (κ3) is 7.12. The molecule has 0 unspecified atom stereocenters. The average Bonchev–Trinajstić information content (AvgIpc) is 2.47. The van der Waals surface area contributed by atoms with Gasteiger partial charge in [0.1, 0.15) is 19.0 Å². The van der Waals surface area contributed by atoms with Gasteiger partial charge in [-0.1, -0.05) is 18.2 Å². The zero-order chi connectivity index (χ0) is 15.5. The van der Waals surface area contributed by atoms with Crippen molar-refractivity contribution in [2.45, 2.75) is 6.92 Å². The third-order valence-electron chi connectivity index (χ3n) is 2.50. The minimum absolute atomic E-state index is 0.0117. The van der Waals surface area contributed by atoms with Gasteiger partial charge in [0.2, 0.25) is 11.8 Å². The lowest BCUT2D eigenvalue weighted by molar-refractivity contribution is -0.125. The van der Waals surface area contributed by atoms with E-state index in [2.05, 4.69) is 5.32 Å². The normalized spacial score (nSPS) is 10.5. The van der Waals surface area contributed by atoms with E-state index < -0.39 is 5.91 Å². The highest BCUT2D eigenvalue weighted by Crippen LogP contribution is 2.12. The van der Waals surface area contributed by atoms with Crippen LogP contribution in [0.5, 0.6) is 5.75 Å². The van der Waals surface area contributed by atoms with Crippen LogP contribution in [0, 0.1) is 0 Å². The van der Waals surface area contributed by atoms with E-state index in [1.54, 1.807) is 24.3 Å². The molecule has 0 radical (unpaired) electrons. The molecule has 0 bridgehead atoms. The van der Waals surface area contributed by atoms with E-state index in [0.29, 0.717) is 17.9 Å². The summed E-state index contributed by atoms with van der Waals surface area (Å²) in [5.74, 6) is -0.147. The largest absolute Gasteiger partial charge is 0.491 e. The van der Waals surface area contributed by atoms with Crippen molar-refractivity contribution in [3.05, 3.63) is 42.0 Å². The summed E-state index contributed by atoms with van der Waals surface area (Å²) in [5, 5.41) is 2.67. The first-order chi connectivity index (χ1) is 10.1. The SMILES string of the molecule is C/C=C/CNC(=O)COCCOc1cccc(C(N)=O)c1. The maximum atomic E-state index is 11.3. The summed E-state index contributed by atoms with van der Waals surface area (Å²) >= 11 is 0. The van der Waals surface area contributed by atoms with E-state index in [4.69, 9.17) is 15.2 Å². The Labute approximate surface area is 123 Å². The Morgan fingerprint density at radius 1 is 1.33 bits per heavy atom. The Balaban J connectivity index is 2.18. The number of rotatable bonds is 9. The number of primary amides is 1. The number of hydrogen-bond acceptors (Lipinski definition) is 4. The molecule has 0 heterocycles. The minimum atomic E-state index is -0.505. The highest BCUT2D eigenvalue weighted by molar-refractivity contribution is 5.93. The number of hydrogen-bond donors (Lipinski definition) is 2. The molecule has 1 rings (SSSR count). The second-order valence-corrected chi connectivity index (χ2v) is 4.17. The summed E-state index contributed by atoms with van der Waals surface area (Å²) in [6, 6.07) is 6.58. The van der Waals surface area contributed by atoms with Gasteiger partial charge < -0.3 is 20.5 Å². The van der Waals surface area contributed by atoms with Crippen LogP contribution in [0.3, 0.4) is 0 Å². The molecule has 3 N–H and O–H groups in total. The van der Waals surface area contributed by atoms with Gasteiger partial charge in [-0.2, -0.15) is 0 Å². The topological polar surface area (TPSA) is 90.7 Å². The maximum Gasteiger partial charge on any atom is 0.248 e. The summed E-state index contributed by atoms with van der Waals surface area (Å²) in [4.78, 5) is 22.3. The van der Waals surface area contributed by atoms with E-state index in [9.17, 15) is 9.59 Å². The van der Waals surface area contributed by atoms with Gasteiger partial charge in [0.25, 0.3) is 0 Å². The average molecular weight is 292 g/mol. The zero-order valence-electron chi connectivity index (χ0n) is 12.0. The standard InChI is InChI=1S/C15H20N2O4/c1-2-3-7-17-14(18)11-20-8-9-21-13-6-4-5-12(10-13)15(16)19/h2-6,10H,7-9,11H2,1H3,(H2,16,19)(H,17,18)/b3-2+. The van der Waals surface area contributed by atoms with Crippen molar-refractivity contribution >= 4 is 11.8 Å². The first-order valence-corrected chi connectivity index (χ1v) is 6.61.